The Balaban J connectivity index is 1.22. The highest BCUT2D eigenvalue weighted by molar-refractivity contribution is 5.54. The molecule has 0 saturated carbocycles. The zero-order valence-electron chi connectivity index (χ0n) is 17.3. The van der Waals surface area contributed by atoms with E-state index in [-0.39, 0.29) is 0 Å². The molecule has 31 heavy (non-hydrogen) atoms. The van der Waals surface area contributed by atoms with Gasteiger partial charge in [0.25, 0.3) is 0 Å². The third-order valence-electron chi connectivity index (χ3n) is 5.41. The zero-order valence-corrected chi connectivity index (χ0v) is 17.3. The van der Waals surface area contributed by atoms with Crippen molar-refractivity contribution in [3.63, 3.8) is 0 Å². The number of aryl methyl sites for hydroxylation is 2. The van der Waals surface area contributed by atoms with Crippen LogP contribution in [0.25, 0.3) is 11.4 Å². The normalized spacial score (nSPS) is 15.4. The maximum atomic E-state index is 12.7. The summed E-state index contributed by atoms with van der Waals surface area (Å²) in [6.07, 6.45) is -1.85. The van der Waals surface area contributed by atoms with Crippen molar-refractivity contribution in [2.75, 3.05) is 37.6 Å². The molecule has 0 spiro atoms. The van der Waals surface area contributed by atoms with Crippen LogP contribution in [0.4, 0.5) is 19.0 Å². The van der Waals surface area contributed by atoms with Crippen LogP contribution in [0.2, 0.25) is 0 Å². The molecule has 1 aliphatic heterocycles. The Hall–Kier alpha value is -2.94. The third kappa shape index (κ3) is 5.41. The van der Waals surface area contributed by atoms with E-state index < -0.39 is 11.7 Å². The first-order valence-electron chi connectivity index (χ1n) is 10.3. The molecular formula is C22H24F3N5O. The smallest absolute Gasteiger partial charge is 0.354 e. The quantitative estimate of drug-likeness (QED) is 0.583. The number of pyridine rings is 1. The summed E-state index contributed by atoms with van der Waals surface area (Å²) in [5.41, 5.74) is 1.40. The van der Waals surface area contributed by atoms with Crippen molar-refractivity contribution in [2.45, 2.75) is 25.9 Å². The Labute approximate surface area is 178 Å². The molecule has 0 bridgehead atoms. The standard InChI is InChI=1S/C22H24F3N5O/c1-16-4-6-17(7-5-16)21-27-20(31-28-21)3-2-10-29-11-13-30(14-12-29)19-9-8-18(15-26-19)22(23,24)25/h4-9,15H,2-3,10-14H2,1H3. The summed E-state index contributed by atoms with van der Waals surface area (Å²) >= 11 is 0. The fourth-order valence-corrected chi connectivity index (χ4v) is 3.57. The lowest BCUT2D eigenvalue weighted by atomic mass is 10.1. The summed E-state index contributed by atoms with van der Waals surface area (Å²) in [4.78, 5) is 12.8. The van der Waals surface area contributed by atoms with Crippen LogP contribution in [0.1, 0.15) is 23.4 Å². The molecule has 0 N–H and O–H groups in total. The molecule has 2 aromatic heterocycles. The average molecular weight is 431 g/mol. The van der Waals surface area contributed by atoms with Gasteiger partial charge in [0.05, 0.1) is 5.56 Å². The first kappa shape index (κ1) is 21.3. The van der Waals surface area contributed by atoms with Crippen molar-refractivity contribution in [1.29, 1.82) is 0 Å². The van der Waals surface area contributed by atoms with E-state index in [0.29, 0.717) is 24.0 Å². The van der Waals surface area contributed by atoms with Gasteiger partial charge < -0.3 is 9.42 Å². The van der Waals surface area contributed by atoms with E-state index >= 15 is 0 Å². The fourth-order valence-electron chi connectivity index (χ4n) is 3.57. The third-order valence-corrected chi connectivity index (χ3v) is 5.41. The van der Waals surface area contributed by atoms with Crippen LogP contribution in [-0.4, -0.2) is 52.7 Å². The van der Waals surface area contributed by atoms with Gasteiger partial charge in [-0.15, -0.1) is 0 Å². The second kappa shape index (κ2) is 9.05. The Kier molecular flexibility index (Phi) is 6.22. The second-order valence-corrected chi connectivity index (χ2v) is 7.71. The topological polar surface area (TPSA) is 58.3 Å². The molecule has 1 saturated heterocycles. The number of halogens is 3. The Morgan fingerprint density at radius 2 is 1.74 bits per heavy atom. The number of rotatable bonds is 6. The maximum absolute atomic E-state index is 12.7. The molecule has 4 rings (SSSR count). The van der Waals surface area contributed by atoms with Crippen molar-refractivity contribution in [2.24, 2.45) is 0 Å². The minimum atomic E-state index is -4.36. The van der Waals surface area contributed by atoms with Crippen molar-refractivity contribution in [1.82, 2.24) is 20.0 Å². The number of aromatic nitrogens is 3. The van der Waals surface area contributed by atoms with Crippen LogP contribution in [0.15, 0.2) is 47.1 Å². The Morgan fingerprint density at radius 3 is 2.39 bits per heavy atom. The first-order chi connectivity index (χ1) is 14.9. The van der Waals surface area contributed by atoms with E-state index in [9.17, 15) is 13.2 Å². The molecule has 0 amide bonds. The summed E-state index contributed by atoms with van der Waals surface area (Å²) in [6, 6.07) is 10.5. The predicted molar refractivity (Wildman–Crippen MR) is 111 cm³/mol. The van der Waals surface area contributed by atoms with Crippen LogP contribution >= 0.6 is 0 Å². The Morgan fingerprint density at radius 1 is 1.00 bits per heavy atom. The van der Waals surface area contributed by atoms with Gasteiger partial charge in [0, 0.05) is 44.4 Å². The largest absolute Gasteiger partial charge is 0.417 e. The van der Waals surface area contributed by atoms with Crippen LogP contribution in [0.5, 0.6) is 0 Å². The minimum absolute atomic E-state index is 0.585. The average Bonchev–Trinajstić information content (AvgIpc) is 3.23. The van der Waals surface area contributed by atoms with E-state index in [1.165, 1.54) is 11.6 Å². The second-order valence-electron chi connectivity index (χ2n) is 7.71. The molecule has 9 heteroatoms. The number of hydrogen-bond acceptors (Lipinski definition) is 6. The van der Waals surface area contributed by atoms with Gasteiger partial charge in [0.15, 0.2) is 0 Å². The molecule has 0 atom stereocenters. The molecule has 1 fully saturated rings. The molecule has 0 radical (unpaired) electrons. The van der Waals surface area contributed by atoms with Crippen molar-refractivity contribution in [3.8, 4) is 11.4 Å². The molecule has 1 aromatic carbocycles. The molecule has 0 aliphatic carbocycles. The highest BCUT2D eigenvalue weighted by Gasteiger charge is 2.31. The molecule has 6 nitrogen and oxygen atoms in total. The SMILES string of the molecule is Cc1ccc(-c2noc(CCCN3CCN(c4ccc(C(F)(F)F)cn4)CC3)n2)cc1. The Bertz CT molecular complexity index is 978. The molecule has 1 aliphatic rings. The van der Waals surface area contributed by atoms with E-state index in [4.69, 9.17) is 4.52 Å². The maximum Gasteiger partial charge on any atom is 0.417 e. The minimum Gasteiger partial charge on any atom is -0.354 e. The number of piperazine rings is 1. The summed E-state index contributed by atoms with van der Waals surface area (Å²) in [6.45, 7) is 6.07. The lowest BCUT2D eigenvalue weighted by Crippen LogP contribution is -2.47. The first-order valence-corrected chi connectivity index (χ1v) is 10.3. The number of anilines is 1. The number of alkyl halides is 3. The van der Waals surface area contributed by atoms with Gasteiger partial charge in [-0.05, 0) is 32.0 Å². The molecule has 164 valence electrons. The predicted octanol–water partition coefficient (Wildman–Crippen LogP) is 4.21. The number of benzene rings is 1. The summed E-state index contributed by atoms with van der Waals surface area (Å²) in [5.74, 6) is 1.82. The van der Waals surface area contributed by atoms with Gasteiger partial charge in [0.1, 0.15) is 5.82 Å². The van der Waals surface area contributed by atoms with Gasteiger partial charge in [0.2, 0.25) is 11.7 Å². The van der Waals surface area contributed by atoms with Gasteiger partial charge >= 0.3 is 6.18 Å². The molecular weight excluding hydrogens is 407 g/mol. The molecule has 0 unspecified atom stereocenters. The van der Waals surface area contributed by atoms with E-state index in [2.05, 4.69) is 20.0 Å². The van der Waals surface area contributed by atoms with Gasteiger partial charge in [-0.3, -0.25) is 4.90 Å². The monoisotopic (exact) mass is 431 g/mol. The van der Waals surface area contributed by atoms with Crippen LogP contribution < -0.4 is 4.90 Å². The fraction of sp³-hybridized carbons (Fsp3) is 0.409. The summed E-state index contributed by atoms with van der Waals surface area (Å²) < 4.78 is 43.4. The lowest BCUT2D eigenvalue weighted by molar-refractivity contribution is -0.137. The van der Waals surface area contributed by atoms with Gasteiger partial charge in [-0.2, -0.15) is 18.2 Å². The van der Waals surface area contributed by atoms with Crippen molar-refractivity contribution < 1.29 is 17.7 Å². The van der Waals surface area contributed by atoms with Gasteiger partial charge in [-0.1, -0.05) is 35.0 Å². The van der Waals surface area contributed by atoms with Crippen LogP contribution in [0.3, 0.4) is 0 Å². The molecule has 3 heterocycles. The van der Waals surface area contributed by atoms with E-state index in [1.54, 1.807) is 0 Å². The number of hydrogen-bond donors (Lipinski definition) is 0. The van der Waals surface area contributed by atoms with Crippen molar-refractivity contribution in [3.05, 3.63) is 59.6 Å². The highest BCUT2D eigenvalue weighted by Crippen LogP contribution is 2.29. The van der Waals surface area contributed by atoms with Crippen molar-refractivity contribution >= 4 is 5.82 Å². The van der Waals surface area contributed by atoms with E-state index in [1.807, 2.05) is 36.1 Å². The summed E-state index contributed by atoms with van der Waals surface area (Å²) in [7, 11) is 0. The van der Waals surface area contributed by atoms with Crippen LogP contribution in [-0.2, 0) is 12.6 Å². The molecule has 3 aromatic rings. The highest BCUT2D eigenvalue weighted by atomic mass is 19.4. The van der Waals surface area contributed by atoms with Crippen LogP contribution in [0, 0.1) is 6.92 Å². The number of nitrogens with zero attached hydrogens (tertiary/aromatic N) is 5. The zero-order chi connectivity index (χ0) is 21.8. The van der Waals surface area contributed by atoms with Gasteiger partial charge in [-0.25, -0.2) is 4.98 Å². The lowest BCUT2D eigenvalue weighted by Gasteiger charge is -2.35. The summed E-state index contributed by atoms with van der Waals surface area (Å²) in [5, 5.41) is 4.06. The van der Waals surface area contributed by atoms with E-state index in [0.717, 1.165) is 57.0 Å².